The monoisotopic (exact) mass is 228 g/mol. The fraction of sp³-hybridized carbons (Fsp3) is 0.214. The van der Waals surface area contributed by atoms with Gasteiger partial charge in [-0.25, -0.2) is 4.98 Å². The van der Waals surface area contributed by atoms with Gasteiger partial charge in [-0.1, -0.05) is 31.2 Å². The van der Waals surface area contributed by atoms with Crippen LogP contribution >= 0.6 is 0 Å². The van der Waals surface area contributed by atoms with Gasteiger partial charge in [-0.15, -0.1) is 0 Å². The lowest BCUT2D eigenvalue weighted by atomic mass is 10.1. The van der Waals surface area contributed by atoms with Crippen LogP contribution in [-0.4, -0.2) is 4.98 Å². The van der Waals surface area contributed by atoms with E-state index in [0.29, 0.717) is 5.88 Å². The molecule has 0 fully saturated rings. The summed E-state index contributed by atoms with van der Waals surface area (Å²) in [6, 6.07) is 13.4. The number of hydrogen-bond acceptors (Lipinski definition) is 3. The molecule has 0 spiro atoms. The Morgan fingerprint density at radius 3 is 2.53 bits per heavy atom. The van der Waals surface area contributed by atoms with E-state index >= 15 is 0 Å². The lowest BCUT2D eigenvalue weighted by molar-refractivity contribution is 0.462. The third-order valence-corrected chi connectivity index (χ3v) is 2.59. The molecule has 0 amide bonds. The molecule has 17 heavy (non-hydrogen) atoms. The number of para-hydroxylation sites is 1. The van der Waals surface area contributed by atoms with Crippen molar-refractivity contribution in [3.05, 3.63) is 54.2 Å². The Bertz CT molecular complexity index is 453. The van der Waals surface area contributed by atoms with Crippen molar-refractivity contribution < 1.29 is 4.74 Å². The highest BCUT2D eigenvalue weighted by Crippen LogP contribution is 2.20. The van der Waals surface area contributed by atoms with Crippen LogP contribution in [0.4, 0.5) is 0 Å². The predicted molar refractivity (Wildman–Crippen MR) is 68.0 cm³/mol. The Balaban J connectivity index is 2.08. The largest absolute Gasteiger partial charge is 0.439 e. The van der Waals surface area contributed by atoms with E-state index in [1.807, 2.05) is 42.5 Å². The first-order valence-corrected chi connectivity index (χ1v) is 5.74. The van der Waals surface area contributed by atoms with Gasteiger partial charge in [0, 0.05) is 18.3 Å². The van der Waals surface area contributed by atoms with Crippen molar-refractivity contribution in [1.29, 1.82) is 0 Å². The van der Waals surface area contributed by atoms with Crippen molar-refractivity contribution in [3.8, 4) is 11.6 Å². The fourth-order valence-electron chi connectivity index (χ4n) is 1.52. The number of pyridine rings is 1. The average Bonchev–Trinajstić information content (AvgIpc) is 2.40. The van der Waals surface area contributed by atoms with Gasteiger partial charge < -0.3 is 10.5 Å². The van der Waals surface area contributed by atoms with Gasteiger partial charge in [0.05, 0.1) is 0 Å². The molecule has 88 valence electrons. The van der Waals surface area contributed by atoms with E-state index in [1.54, 1.807) is 6.20 Å². The summed E-state index contributed by atoms with van der Waals surface area (Å²) in [6.07, 6.45) is 2.67. The van der Waals surface area contributed by atoms with Crippen LogP contribution in [0.5, 0.6) is 11.6 Å². The maximum Gasteiger partial charge on any atom is 0.219 e. The summed E-state index contributed by atoms with van der Waals surface area (Å²) in [5.74, 6) is 1.37. The summed E-state index contributed by atoms with van der Waals surface area (Å²) in [7, 11) is 0. The van der Waals surface area contributed by atoms with Crippen LogP contribution in [0.25, 0.3) is 0 Å². The van der Waals surface area contributed by atoms with Crippen LogP contribution in [0, 0.1) is 0 Å². The lowest BCUT2D eigenvalue weighted by Crippen LogP contribution is -2.08. The summed E-state index contributed by atoms with van der Waals surface area (Å²) in [5, 5.41) is 0. The third-order valence-electron chi connectivity index (χ3n) is 2.59. The summed E-state index contributed by atoms with van der Waals surface area (Å²) < 4.78 is 5.59. The van der Waals surface area contributed by atoms with Crippen molar-refractivity contribution >= 4 is 0 Å². The molecule has 0 aliphatic carbocycles. The Hall–Kier alpha value is -1.87. The van der Waals surface area contributed by atoms with Crippen LogP contribution in [-0.2, 0) is 0 Å². The Labute approximate surface area is 101 Å². The van der Waals surface area contributed by atoms with Gasteiger partial charge in [0.15, 0.2) is 0 Å². The minimum Gasteiger partial charge on any atom is -0.439 e. The van der Waals surface area contributed by atoms with E-state index in [-0.39, 0.29) is 6.04 Å². The van der Waals surface area contributed by atoms with Crippen LogP contribution in [0.15, 0.2) is 48.7 Å². The zero-order valence-corrected chi connectivity index (χ0v) is 9.84. The molecule has 2 N–H and O–H groups in total. The summed E-state index contributed by atoms with van der Waals surface area (Å²) in [4.78, 5) is 4.24. The molecular weight excluding hydrogens is 212 g/mol. The first-order chi connectivity index (χ1) is 8.29. The molecule has 0 bridgehead atoms. The van der Waals surface area contributed by atoms with E-state index < -0.39 is 0 Å². The van der Waals surface area contributed by atoms with Crippen LogP contribution in [0.3, 0.4) is 0 Å². The maximum absolute atomic E-state index is 5.92. The molecule has 1 unspecified atom stereocenters. The highest BCUT2D eigenvalue weighted by atomic mass is 16.5. The lowest BCUT2D eigenvalue weighted by Gasteiger charge is -2.09. The molecule has 2 aromatic rings. The number of nitrogens with zero attached hydrogens (tertiary/aromatic N) is 1. The first kappa shape index (κ1) is 11.6. The molecule has 1 atom stereocenters. The Kier molecular flexibility index (Phi) is 3.73. The molecular formula is C14H16N2O. The van der Waals surface area contributed by atoms with Crippen LogP contribution in [0.2, 0.25) is 0 Å². The Morgan fingerprint density at radius 2 is 1.94 bits per heavy atom. The number of hydrogen-bond donors (Lipinski definition) is 1. The smallest absolute Gasteiger partial charge is 0.219 e. The maximum atomic E-state index is 5.92. The summed E-state index contributed by atoms with van der Waals surface area (Å²) in [6.45, 7) is 2.05. The molecule has 3 nitrogen and oxygen atoms in total. The molecule has 3 heteroatoms. The molecule has 0 radical (unpaired) electrons. The van der Waals surface area contributed by atoms with Gasteiger partial charge in [-0.3, -0.25) is 0 Å². The second-order valence-electron chi connectivity index (χ2n) is 3.86. The van der Waals surface area contributed by atoms with E-state index in [9.17, 15) is 0 Å². The van der Waals surface area contributed by atoms with E-state index in [2.05, 4.69) is 11.9 Å². The standard InChI is InChI=1S/C14H16N2O/c1-2-13(15)11-8-9-14(16-10-11)17-12-6-4-3-5-7-12/h3-10,13H,2,15H2,1H3. The second kappa shape index (κ2) is 5.46. The van der Waals surface area contributed by atoms with Gasteiger partial charge in [-0.2, -0.15) is 0 Å². The average molecular weight is 228 g/mol. The van der Waals surface area contributed by atoms with Crippen LogP contribution < -0.4 is 10.5 Å². The van der Waals surface area contributed by atoms with E-state index in [4.69, 9.17) is 10.5 Å². The molecule has 1 aromatic carbocycles. The Morgan fingerprint density at radius 1 is 1.18 bits per heavy atom. The molecule has 0 saturated heterocycles. The zero-order chi connectivity index (χ0) is 12.1. The van der Waals surface area contributed by atoms with Crippen molar-refractivity contribution in [1.82, 2.24) is 4.98 Å². The second-order valence-corrected chi connectivity index (χ2v) is 3.86. The van der Waals surface area contributed by atoms with Crippen molar-refractivity contribution in [2.45, 2.75) is 19.4 Å². The van der Waals surface area contributed by atoms with Crippen molar-refractivity contribution in [2.75, 3.05) is 0 Å². The summed E-state index contributed by atoms with van der Waals surface area (Å²) in [5.41, 5.74) is 6.95. The van der Waals surface area contributed by atoms with E-state index in [0.717, 1.165) is 17.7 Å². The van der Waals surface area contributed by atoms with Gasteiger partial charge in [0.1, 0.15) is 5.75 Å². The minimum absolute atomic E-state index is 0.0493. The third kappa shape index (κ3) is 3.04. The quantitative estimate of drug-likeness (QED) is 0.873. The number of ether oxygens (including phenoxy) is 1. The van der Waals surface area contributed by atoms with Gasteiger partial charge in [0.25, 0.3) is 0 Å². The molecule has 2 rings (SSSR count). The van der Waals surface area contributed by atoms with Crippen molar-refractivity contribution in [3.63, 3.8) is 0 Å². The molecule has 0 aliphatic rings. The number of nitrogens with two attached hydrogens (primary N) is 1. The zero-order valence-electron chi connectivity index (χ0n) is 9.84. The van der Waals surface area contributed by atoms with Gasteiger partial charge in [0.2, 0.25) is 5.88 Å². The molecule has 1 aromatic heterocycles. The first-order valence-electron chi connectivity index (χ1n) is 5.74. The van der Waals surface area contributed by atoms with E-state index in [1.165, 1.54) is 0 Å². The topological polar surface area (TPSA) is 48.1 Å². The fourth-order valence-corrected chi connectivity index (χ4v) is 1.52. The number of benzene rings is 1. The molecule has 0 saturated carbocycles. The highest BCUT2D eigenvalue weighted by Gasteiger charge is 2.04. The van der Waals surface area contributed by atoms with Gasteiger partial charge in [-0.05, 0) is 24.1 Å². The molecule has 1 heterocycles. The van der Waals surface area contributed by atoms with Crippen molar-refractivity contribution in [2.24, 2.45) is 5.73 Å². The number of aromatic nitrogens is 1. The predicted octanol–water partition coefficient (Wildman–Crippen LogP) is 3.28. The van der Waals surface area contributed by atoms with Gasteiger partial charge >= 0.3 is 0 Å². The normalized spacial score (nSPS) is 12.1. The van der Waals surface area contributed by atoms with Crippen LogP contribution in [0.1, 0.15) is 24.9 Å². The minimum atomic E-state index is 0.0493. The SMILES string of the molecule is CCC(N)c1ccc(Oc2ccccc2)nc1. The number of rotatable bonds is 4. The molecule has 0 aliphatic heterocycles. The summed E-state index contributed by atoms with van der Waals surface area (Å²) >= 11 is 0. The highest BCUT2D eigenvalue weighted by molar-refractivity contribution is 5.28.